The topological polar surface area (TPSA) is 56.9 Å². The molecule has 0 radical (unpaired) electrons. The maximum atomic E-state index is 5.39. The van der Waals surface area contributed by atoms with Crippen LogP contribution in [0.2, 0.25) is 0 Å². The standard InChI is InChI=1S/C15H25N5O/c1-4-21-9-5-7-20-11-14(3)18-15(20)17-13(2)10-19-8-6-16-12-19/h6,8,11-13H,4-5,7,9-10H2,1-3H3,(H,17,18). The van der Waals surface area contributed by atoms with Crippen LogP contribution in [0.4, 0.5) is 5.95 Å². The van der Waals surface area contributed by atoms with Crippen LogP contribution < -0.4 is 5.32 Å². The van der Waals surface area contributed by atoms with E-state index in [1.54, 1.807) is 6.20 Å². The average Bonchev–Trinajstić information content (AvgIpc) is 3.05. The summed E-state index contributed by atoms with van der Waals surface area (Å²) in [7, 11) is 0. The molecule has 0 amide bonds. The highest BCUT2D eigenvalue weighted by Crippen LogP contribution is 2.11. The van der Waals surface area contributed by atoms with Crippen molar-refractivity contribution in [1.82, 2.24) is 19.1 Å². The molecule has 6 nitrogen and oxygen atoms in total. The van der Waals surface area contributed by atoms with Crippen molar-refractivity contribution in [2.45, 2.75) is 46.3 Å². The second-order valence-electron chi connectivity index (χ2n) is 5.25. The van der Waals surface area contributed by atoms with Crippen LogP contribution in [0.5, 0.6) is 0 Å². The molecule has 1 N–H and O–H groups in total. The van der Waals surface area contributed by atoms with E-state index in [9.17, 15) is 0 Å². The van der Waals surface area contributed by atoms with Gasteiger partial charge in [-0.05, 0) is 27.2 Å². The van der Waals surface area contributed by atoms with Crippen LogP contribution in [0, 0.1) is 6.92 Å². The Morgan fingerprint density at radius 1 is 1.43 bits per heavy atom. The monoisotopic (exact) mass is 291 g/mol. The summed E-state index contributed by atoms with van der Waals surface area (Å²) in [4.78, 5) is 8.63. The van der Waals surface area contributed by atoms with E-state index in [1.807, 2.05) is 26.4 Å². The molecule has 2 heterocycles. The minimum Gasteiger partial charge on any atom is -0.382 e. The van der Waals surface area contributed by atoms with E-state index in [2.05, 4.69) is 37.5 Å². The van der Waals surface area contributed by atoms with Gasteiger partial charge in [-0.25, -0.2) is 9.97 Å². The molecule has 1 atom stereocenters. The average molecular weight is 291 g/mol. The Morgan fingerprint density at radius 3 is 3.00 bits per heavy atom. The second kappa shape index (κ2) is 7.83. The smallest absolute Gasteiger partial charge is 0.203 e. The molecule has 1 unspecified atom stereocenters. The Hall–Kier alpha value is -1.82. The Morgan fingerprint density at radius 2 is 2.29 bits per heavy atom. The summed E-state index contributed by atoms with van der Waals surface area (Å²) >= 11 is 0. The van der Waals surface area contributed by atoms with E-state index in [4.69, 9.17) is 4.74 Å². The van der Waals surface area contributed by atoms with Gasteiger partial charge in [0.2, 0.25) is 5.95 Å². The first-order chi connectivity index (χ1) is 10.2. The highest BCUT2D eigenvalue weighted by Gasteiger charge is 2.09. The van der Waals surface area contributed by atoms with Crippen molar-refractivity contribution in [2.24, 2.45) is 0 Å². The Labute approximate surface area is 126 Å². The van der Waals surface area contributed by atoms with E-state index < -0.39 is 0 Å². The fraction of sp³-hybridized carbons (Fsp3) is 0.600. The zero-order valence-electron chi connectivity index (χ0n) is 13.1. The molecule has 0 aliphatic carbocycles. The van der Waals surface area contributed by atoms with Gasteiger partial charge in [-0.3, -0.25) is 0 Å². The van der Waals surface area contributed by atoms with Crippen LogP contribution in [-0.2, 0) is 17.8 Å². The zero-order valence-corrected chi connectivity index (χ0v) is 13.1. The summed E-state index contributed by atoms with van der Waals surface area (Å²) in [6.07, 6.45) is 8.67. The van der Waals surface area contributed by atoms with E-state index in [0.29, 0.717) is 0 Å². The number of aromatic nitrogens is 4. The third-order valence-corrected chi connectivity index (χ3v) is 3.21. The molecular weight excluding hydrogens is 266 g/mol. The number of rotatable bonds is 9. The lowest BCUT2D eigenvalue weighted by molar-refractivity contribution is 0.142. The van der Waals surface area contributed by atoms with Gasteiger partial charge in [0, 0.05) is 50.9 Å². The molecule has 0 aliphatic rings. The number of nitrogens with one attached hydrogen (secondary N) is 1. The van der Waals surface area contributed by atoms with Gasteiger partial charge in [-0.1, -0.05) is 0 Å². The minimum absolute atomic E-state index is 0.284. The van der Waals surface area contributed by atoms with E-state index in [1.165, 1.54) is 0 Å². The number of aryl methyl sites for hydroxylation is 2. The number of hydrogen-bond acceptors (Lipinski definition) is 4. The minimum atomic E-state index is 0.284. The van der Waals surface area contributed by atoms with Crippen molar-refractivity contribution < 1.29 is 4.74 Å². The molecule has 116 valence electrons. The van der Waals surface area contributed by atoms with Gasteiger partial charge in [0.05, 0.1) is 12.0 Å². The van der Waals surface area contributed by atoms with Crippen LogP contribution >= 0.6 is 0 Å². The van der Waals surface area contributed by atoms with Crippen LogP contribution in [0.1, 0.15) is 26.0 Å². The van der Waals surface area contributed by atoms with Crippen molar-refractivity contribution in [1.29, 1.82) is 0 Å². The van der Waals surface area contributed by atoms with Gasteiger partial charge >= 0.3 is 0 Å². The molecule has 6 heteroatoms. The normalized spacial score (nSPS) is 12.5. The van der Waals surface area contributed by atoms with E-state index in [0.717, 1.165) is 44.4 Å². The molecule has 0 aliphatic heterocycles. The first kappa shape index (κ1) is 15.6. The molecule has 2 aromatic rings. The van der Waals surface area contributed by atoms with Gasteiger partial charge in [-0.2, -0.15) is 0 Å². The molecule has 0 aromatic carbocycles. The van der Waals surface area contributed by atoms with E-state index in [-0.39, 0.29) is 6.04 Å². The highest BCUT2D eigenvalue weighted by molar-refractivity contribution is 5.29. The predicted molar refractivity (Wildman–Crippen MR) is 83.4 cm³/mol. The molecule has 0 spiro atoms. The molecule has 2 rings (SSSR count). The summed E-state index contributed by atoms with van der Waals surface area (Å²) in [5.74, 6) is 0.927. The van der Waals surface area contributed by atoms with Crippen LogP contribution in [-0.4, -0.2) is 38.4 Å². The van der Waals surface area contributed by atoms with Crippen molar-refractivity contribution >= 4 is 5.95 Å². The Bertz CT molecular complexity index is 520. The molecule has 0 bridgehead atoms. The van der Waals surface area contributed by atoms with Gasteiger partial charge < -0.3 is 19.2 Å². The predicted octanol–water partition coefficient (Wildman–Crippen LogP) is 2.32. The summed E-state index contributed by atoms with van der Waals surface area (Å²) in [5, 5.41) is 3.47. The quantitative estimate of drug-likeness (QED) is 0.720. The lowest BCUT2D eigenvalue weighted by atomic mass is 10.3. The first-order valence-corrected chi connectivity index (χ1v) is 7.53. The zero-order chi connectivity index (χ0) is 15.1. The fourth-order valence-corrected chi connectivity index (χ4v) is 2.29. The third-order valence-electron chi connectivity index (χ3n) is 3.21. The lowest BCUT2D eigenvalue weighted by Gasteiger charge is -2.16. The SMILES string of the molecule is CCOCCCn1cc(C)nc1NC(C)Cn1ccnc1. The lowest BCUT2D eigenvalue weighted by Crippen LogP contribution is -2.23. The van der Waals surface area contributed by atoms with Gasteiger partial charge in [-0.15, -0.1) is 0 Å². The van der Waals surface area contributed by atoms with Gasteiger partial charge in [0.25, 0.3) is 0 Å². The van der Waals surface area contributed by atoms with Crippen molar-refractivity contribution in [3.63, 3.8) is 0 Å². The van der Waals surface area contributed by atoms with Crippen molar-refractivity contribution in [3.05, 3.63) is 30.6 Å². The maximum absolute atomic E-state index is 5.39. The molecule has 21 heavy (non-hydrogen) atoms. The largest absolute Gasteiger partial charge is 0.382 e. The van der Waals surface area contributed by atoms with Crippen LogP contribution in [0.3, 0.4) is 0 Å². The Balaban J connectivity index is 1.89. The number of anilines is 1. The van der Waals surface area contributed by atoms with Gasteiger partial charge in [0.15, 0.2) is 0 Å². The second-order valence-corrected chi connectivity index (χ2v) is 5.25. The van der Waals surface area contributed by atoms with Crippen LogP contribution in [0.15, 0.2) is 24.9 Å². The summed E-state index contributed by atoms with van der Waals surface area (Å²) in [6, 6.07) is 0.284. The maximum Gasteiger partial charge on any atom is 0.203 e. The Kier molecular flexibility index (Phi) is 5.80. The summed E-state index contributed by atoms with van der Waals surface area (Å²) in [6.45, 7) is 9.53. The highest BCUT2D eigenvalue weighted by atomic mass is 16.5. The van der Waals surface area contributed by atoms with E-state index >= 15 is 0 Å². The number of nitrogens with zero attached hydrogens (tertiary/aromatic N) is 4. The van der Waals surface area contributed by atoms with Crippen molar-refractivity contribution in [2.75, 3.05) is 18.5 Å². The first-order valence-electron chi connectivity index (χ1n) is 7.53. The summed E-state index contributed by atoms with van der Waals surface area (Å²) in [5.41, 5.74) is 1.03. The molecule has 0 saturated heterocycles. The summed E-state index contributed by atoms with van der Waals surface area (Å²) < 4.78 is 9.62. The van der Waals surface area contributed by atoms with Crippen molar-refractivity contribution in [3.8, 4) is 0 Å². The number of ether oxygens (including phenoxy) is 1. The molecular formula is C15H25N5O. The fourth-order valence-electron chi connectivity index (χ4n) is 2.29. The number of hydrogen-bond donors (Lipinski definition) is 1. The molecule has 2 aromatic heterocycles. The van der Waals surface area contributed by atoms with Gasteiger partial charge in [0.1, 0.15) is 0 Å². The van der Waals surface area contributed by atoms with Crippen LogP contribution in [0.25, 0.3) is 0 Å². The molecule has 0 fully saturated rings. The third kappa shape index (κ3) is 4.90. The number of imidazole rings is 2. The molecule has 0 saturated carbocycles.